The van der Waals surface area contributed by atoms with Gasteiger partial charge in [0.2, 0.25) is 5.91 Å². The normalized spacial score (nSPS) is 25.0. The van der Waals surface area contributed by atoms with Crippen LogP contribution in [0.5, 0.6) is 0 Å². The molecule has 1 aromatic rings. The second-order valence-electron chi connectivity index (χ2n) is 6.96. The Hall–Kier alpha value is -1.39. The van der Waals surface area contributed by atoms with Crippen molar-refractivity contribution in [3.05, 3.63) is 28.8 Å². The van der Waals surface area contributed by atoms with Gasteiger partial charge in [-0.05, 0) is 57.2 Å². The summed E-state index contributed by atoms with van der Waals surface area (Å²) in [5.41, 5.74) is 4.51. The summed E-state index contributed by atoms with van der Waals surface area (Å²) in [6.45, 7) is 9.93. The molecule has 22 heavy (non-hydrogen) atoms. The van der Waals surface area contributed by atoms with Gasteiger partial charge in [-0.1, -0.05) is 17.7 Å². The number of nitrogens with zero attached hydrogens (tertiary/aromatic N) is 1. The number of hydrogen-bond donors (Lipinski definition) is 2. The van der Waals surface area contributed by atoms with Gasteiger partial charge in [0.25, 0.3) is 0 Å². The summed E-state index contributed by atoms with van der Waals surface area (Å²) in [4.78, 5) is 14.7. The highest BCUT2D eigenvalue weighted by Crippen LogP contribution is 2.25. The van der Waals surface area contributed by atoms with E-state index >= 15 is 0 Å². The molecule has 0 saturated carbocycles. The number of benzene rings is 1. The number of likely N-dealkylation sites (tertiary alicyclic amines) is 1. The average molecular weight is 301 g/mol. The number of carbonyl (C=O) groups excluding carboxylic acids is 1. The van der Waals surface area contributed by atoms with E-state index in [9.17, 15) is 4.79 Å². The minimum Gasteiger partial charge on any atom is -0.324 e. The Morgan fingerprint density at radius 2 is 2.00 bits per heavy atom. The highest BCUT2D eigenvalue weighted by molar-refractivity contribution is 5.93. The number of rotatable bonds is 3. The van der Waals surface area contributed by atoms with E-state index in [4.69, 9.17) is 0 Å². The predicted octanol–water partition coefficient (Wildman–Crippen LogP) is 2.23. The van der Waals surface area contributed by atoms with Crippen LogP contribution in [0.25, 0.3) is 0 Å². The van der Waals surface area contributed by atoms with E-state index in [0.717, 1.165) is 42.4 Å². The molecule has 4 nitrogen and oxygen atoms in total. The van der Waals surface area contributed by atoms with Crippen molar-refractivity contribution in [2.75, 3.05) is 31.5 Å². The average Bonchev–Trinajstić information content (AvgIpc) is 2.90. The fraction of sp³-hybridized carbons (Fsp3) is 0.611. The van der Waals surface area contributed by atoms with Crippen molar-refractivity contribution in [3.8, 4) is 0 Å². The van der Waals surface area contributed by atoms with Gasteiger partial charge in [0.1, 0.15) is 0 Å². The minimum absolute atomic E-state index is 0.111. The van der Waals surface area contributed by atoms with E-state index in [2.05, 4.69) is 48.4 Å². The molecule has 1 amide bonds. The molecule has 2 unspecified atom stereocenters. The van der Waals surface area contributed by atoms with Crippen LogP contribution in [0, 0.1) is 26.7 Å². The molecule has 0 aliphatic carbocycles. The van der Waals surface area contributed by atoms with E-state index in [1.165, 1.54) is 18.4 Å². The lowest BCUT2D eigenvalue weighted by molar-refractivity contribution is -0.117. The van der Waals surface area contributed by atoms with Crippen molar-refractivity contribution in [1.29, 1.82) is 0 Å². The second-order valence-corrected chi connectivity index (χ2v) is 6.96. The summed E-state index contributed by atoms with van der Waals surface area (Å²) in [5.74, 6) is 0.837. The van der Waals surface area contributed by atoms with Crippen LogP contribution in [0.15, 0.2) is 12.1 Å². The number of aryl methyl sites for hydroxylation is 3. The van der Waals surface area contributed by atoms with Gasteiger partial charge in [-0.3, -0.25) is 9.69 Å². The van der Waals surface area contributed by atoms with E-state index in [1.807, 2.05) is 0 Å². The van der Waals surface area contributed by atoms with Crippen LogP contribution < -0.4 is 10.6 Å². The molecule has 2 saturated heterocycles. The first-order valence-corrected chi connectivity index (χ1v) is 8.36. The Morgan fingerprint density at radius 1 is 1.27 bits per heavy atom. The number of nitrogens with one attached hydrogen (secondary N) is 2. The summed E-state index contributed by atoms with van der Waals surface area (Å²) in [6, 6.07) is 4.93. The Kier molecular flexibility index (Phi) is 4.50. The maximum Gasteiger partial charge on any atom is 0.238 e. The molecular weight excluding hydrogens is 274 g/mol. The Morgan fingerprint density at radius 3 is 2.73 bits per heavy atom. The Bertz CT molecular complexity index is 546. The third-order valence-corrected chi connectivity index (χ3v) is 5.05. The first-order valence-electron chi connectivity index (χ1n) is 8.36. The van der Waals surface area contributed by atoms with Crippen LogP contribution in [0.4, 0.5) is 5.69 Å². The standard InChI is InChI=1S/C18H27N3O/c1-12-8-13(2)18(14(3)9-12)20-17(22)11-21-7-5-16-15(10-21)4-6-19-16/h8-9,15-16,19H,4-7,10-11H2,1-3H3,(H,20,22). The van der Waals surface area contributed by atoms with Crippen molar-refractivity contribution in [1.82, 2.24) is 10.2 Å². The molecule has 2 heterocycles. The van der Waals surface area contributed by atoms with Crippen LogP contribution in [0.2, 0.25) is 0 Å². The number of fused-ring (bicyclic) bond motifs is 1. The first-order chi connectivity index (χ1) is 10.5. The fourth-order valence-corrected chi connectivity index (χ4v) is 4.03. The highest BCUT2D eigenvalue weighted by Gasteiger charge is 2.33. The van der Waals surface area contributed by atoms with Crippen molar-refractivity contribution < 1.29 is 4.79 Å². The van der Waals surface area contributed by atoms with Crippen LogP contribution in [-0.4, -0.2) is 43.0 Å². The highest BCUT2D eigenvalue weighted by atomic mass is 16.2. The lowest BCUT2D eigenvalue weighted by Gasteiger charge is -2.34. The van der Waals surface area contributed by atoms with E-state index in [1.54, 1.807) is 0 Å². The maximum absolute atomic E-state index is 12.4. The molecule has 0 radical (unpaired) electrons. The Balaban J connectivity index is 1.59. The van der Waals surface area contributed by atoms with Gasteiger partial charge >= 0.3 is 0 Å². The van der Waals surface area contributed by atoms with Crippen molar-refractivity contribution in [2.45, 2.75) is 39.7 Å². The summed E-state index contributed by atoms with van der Waals surface area (Å²) >= 11 is 0. The van der Waals surface area contributed by atoms with Crippen molar-refractivity contribution in [2.24, 2.45) is 5.92 Å². The Labute approximate surface area is 133 Å². The molecule has 4 heteroatoms. The number of anilines is 1. The molecule has 2 atom stereocenters. The number of hydrogen-bond acceptors (Lipinski definition) is 3. The monoisotopic (exact) mass is 301 g/mol. The van der Waals surface area contributed by atoms with Gasteiger partial charge < -0.3 is 10.6 Å². The van der Waals surface area contributed by atoms with Gasteiger partial charge in [0.15, 0.2) is 0 Å². The van der Waals surface area contributed by atoms with Crippen LogP contribution in [-0.2, 0) is 4.79 Å². The van der Waals surface area contributed by atoms with Gasteiger partial charge in [0, 0.05) is 24.8 Å². The van der Waals surface area contributed by atoms with Gasteiger partial charge in [-0.15, -0.1) is 0 Å². The molecule has 2 fully saturated rings. The quantitative estimate of drug-likeness (QED) is 0.900. The molecule has 120 valence electrons. The maximum atomic E-state index is 12.4. The smallest absolute Gasteiger partial charge is 0.238 e. The molecule has 2 aliphatic heterocycles. The van der Waals surface area contributed by atoms with Crippen LogP contribution in [0.1, 0.15) is 29.5 Å². The molecule has 3 rings (SSSR count). The third kappa shape index (κ3) is 3.33. The predicted molar refractivity (Wildman–Crippen MR) is 90.2 cm³/mol. The van der Waals surface area contributed by atoms with Crippen LogP contribution >= 0.6 is 0 Å². The van der Waals surface area contributed by atoms with Gasteiger partial charge in [0.05, 0.1) is 6.54 Å². The molecule has 1 aromatic carbocycles. The zero-order valence-corrected chi connectivity index (χ0v) is 13.9. The third-order valence-electron chi connectivity index (χ3n) is 5.05. The fourth-order valence-electron chi connectivity index (χ4n) is 4.03. The molecule has 0 aromatic heterocycles. The second kappa shape index (κ2) is 6.39. The topological polar surface area (TPSA) is 44.4 Å². The summed E-state index contributed by atoms with van der Waals surface area (Å²) in [5, 5.41) is 6.68. The SMILES string of the molecule is Cc1cc(C)c(NC(=O)CN2CCC3NCCC3C2)c(C)c1. The number of carbonyl (C=O) groups is 1. The zero-order chi connectivity index (χ0) is 15.7. The lowest BCUT2D eigenvalue weighted by Crippen LogP contribution is -2.46. The van der Waals surface area contributed by atoms with Crippen molar-refractivity contribution >= 4 is 11.6 Å². The van der Waals surface area contributed by atoms with Crippen LogP contribution in [0.3, 0.4) is 0 Å². The molecule has 0 spiro atoms. The number of piperidine rings is 1. The molecule has 0 bridgehead atoms. The largest absolute Gasteiger partial charge is 0.324 e. The van der Waals surface area contributed by atoms with E-state index < -0.39 is 0 Å². The van der Waals surface area contributed by atoms with Gasteiger partial charge in [-0.25, -0.2) is 0 Å². The minimum atomic E-state index is 0.111. The molecule has 2 N–H and O–H groups in total. The van der Waals surface area contributed by atoms with Gasteiger partial charge in [-0.2, -0.15) is 0 Å². The first kappa shape index (κ1) is 15.5. The van der Waals surface area contributed by atoms with Crippen molar-refractivity contribution in [3.63, 3.8) is 0 Å². The number of amides is 1. The van der Waals surface area contributed by atoms with E-state index in [0.29, 0.717) is 12.6 Å². The summed E-state index contributed by atoms with van der Waals surface area (Å²) in [6.07, 6.45) is 2.42. The van der Waals surface area contributed by atoms with E-state index in [-0.39, 0.29) is 5.91 Å². The summed E-state index contributed by atoms with van der Waals surface area (Å²) in [7, 11) is 0. The zero-order valence-electron chi connectivity index (χ0n) is 13.9. The summed E-state index contributed by atoms with van der Waals surface area (Å²) < 4.78 is 0. The molecule has 2 aliphatic rings. The molecular formula is C18H27N3O. The lowest BCUT2D eigenvalue weighted by atomic mass is 9.93.